The molecule has 2 fully saturated rings. The van der Waals surface area contributed by atoms with Crippen molar-refractivity contribution in [3.05, 3.63) is 53.3 Å². The maximum atomic E-state index is 12.9. The smallest absolute Gasteiger partial charge is 0.272 e. The van der Waals surface area contributed by atoms with Crippen molar-refractivity contribution in [2.45, 2.75) is 51.2 Å². The molecule has 2 saturated heterocycles. The van der Waals surface area contributed by atoms with E-state index in [1.165, 1.54) is 5.56 Å². The van der Waals surface area contributed by atoms with Crippen LogP contribution in [0.2, 0.25) is 0 Å². The molecule has 30 heavy (non-hydrogen) atoms. The van der Waals surface area contributed by atoms with Crippen molar-refractivity contribution in [3.63, 3.8) is 0 Å². The number of hydrogen-bond donors (Lipinski definition) is 0. The minimum Gasteiger partial charge on any atom is -0.377 e. The molecule has 2 aliphatic heterocycles. The zero-order valence-corrected chi connectivity index (χ0v) is 18.2. The van der Waals surface area contributed by atoms with Crippen LogP contribution >= 0.6 is 0 Å². The number of carbonyl (C=O) groups excluding carboxylic acids is 1. The van der Waals surface area contributed by atoms with Gasteiger partial charge in [-0.15, -0.1) is 0 Å². The molecule has 0 bridgehead atoms. The molecule has 1 aromatic carbocycles. The maximum absolute atomic E-state index is 12.9. The van der Waals surface area contributed by atoms with Gasteiger partial charge in [0.2, 0.25) is 0 Å². The van der Waals surface area contributed by atoms with Crippen molar-refractivity contribution < 1.29 is 14.3 Å². The van der Waals surface area contributed by atoms with Crippen LogP contribution in [0.5, 0.6) is 0 Å². The molecule has 1 amide bonds. The lowest BCUT2D eigenvalue weighted by molar-refractivity contribution is -0.126. The van der Waals surface area contributed by atoms with Crippen molar-refractivity contribution in [3.8, 4) is 0 Å². The summed E-state index contributed by atoms with van der Waals surface area (Å²) in [7, 11) is 1.83. The Labute approximate surface area is 179 Å². The summed E-state index contributed by atoms with van der Waals surface area (Å²) in [6, 6.07) is 12.2. The molecule has 0 saturated carbocycles. The maximum Gasteiger partial charge on any atom is 0.272 e. The summed E-state index contributed by atoms with van der Waals surface area (Å²) in [5.41, 5.74) is 2.70. The number of amides is 1. The molecule has 3 heterocycles. The molecular weight excluding hydrogens is 378 g/mol. The Balaban J connectivity index is 1.24. The van der Waals surface area contributed by atoms with Crippen LogP contribution in [0.25, 0.3) is 0 Å². The van der Waals surface area contributed by atoms with Gasteiger partial charge in [0.25, 0.3) is 5.91 Å². The quantitative estimate of drug-likeness (QED) is 0.680. The fraction of sp³-hybridized carbons (Fsp3) is 0.583. The molecule has 6 nitrogen and oxygen atoms in total. The average Bonchev–Trinajstić information content (AvgIpc) is 3.10. The van der Waals surface area contributed by atoms with Gasteiger partial charge in [-0.2, -0.15) is 5.10 Å². The number of benzene rings is 1. The highest BCUT2D eigenvalue weighted by molar-refractivity contribution is 5.92. The van der Waals surface area contributed by atoms with E-state index in [4.69, 9.17) is 9.47 Å². The lowest BCUT2D eigenvalue weighted by atomic mass is 9.78. The largest absolute Gasteiger partial charge is 0.377 e. The Morgan fingerprint density at radius 1 is 1.27 bits per heavy atom. The summed E-state index contributed by atoms with van der Waals surface area (Å²) in [6.07, 6.45) is 5.09. The van der Waals surface area contributed by atoms with Crippen LogP contribution in [-0.2, 0) is 23.1 Å². The molecule has 2 aromatic rings. The molecule has 1 unspecified atom stereocenters. The monoisotopic (exact) mass is 411 g/mol. The second-order valence-corrected chi connectivity index (χ2v) is 8.80. The first-order valence-corrected chi connectivity index (χ1v) is 11.1. The molecule has 1 atom stereocenters. The SMILES string of the molecule is Cc1cc(C(=O)N2CCC3(CC2)CC(CCOCc2ccccc2)CCO3)n(C)n1. The van der Waals surface area contributed by atoms with E-state index in [1.807, 2.05) is 43.1 Å². The predicted octanol–water partition coefficient (Wildman–Crippen LogP) is 3.74. The van der Waals surface area contributed by atoms with Crippen LogP contribution in [0.15, 0.2) is 36.4 Å². The van der Waals surface area contributed by atoms with Gasteiger partial charge in [0.15, 0.2) is 0 Å². The number of likely N-dealkylation sites (tertiary alicyclic amines) is 1. The van der Waals surface area contributed by atoms with Gasteiger partial charge in [-0.3, -0.25) is 9.48 Å². The molecule has 0 N–H and O–H groups in total. The number of aromatic nitrogens is 2. The Morgan fingerprint density at radius 2 is 2.03 bits per heavy atom. The summed E-state index contributed by atoms with van der Waals surface area (Å²) < 4.78 is 13.9. The van der Waals surface area contributed by atoms with Crippen molar-refractivity contribution in [2.24, 2.45) is 13.0 Å². The summed E-state index contributed by atoms with van der Waals surface area (Å²) >= 11 is 0. The van der Waals surface area contributed by atoms with Crippen molar-refractivity contribution in [2.75, 3.05) is 26.3 Å². The second kappa shape index (κ2) is 9.31. The molecule has 4 rings (SSSR count). The lowest BCUT2D eigenvalue weighted by Crippen LogP contribution is -2.51. The van der Waals surface area contributed by atoms with Gasteiger partial charge in [-0.05, 0) is 56.6 Å². The normalized spacial score (nSPS) is 21.1. The van der Waals surface area contributed by atoms with E-state index in [9.17, 15) is 4.79 Å². The fourth-order valence-corrected chi connectivity index (χ4v) is 4.83. The third-order valence-corrected chi connectivity index (χ3v) is 6.56. The highest BCUT2D eigenvalue weighted by Crippen LogP contribution is 2.39. The van der Waals surface area contributed by atoms with Crippen molar-refractivity contribution in [1.82, 2.24) is 14.7 Å². The molecule has 0 aliphatic carbocycles. The van der Waals surface area contributed by atoms with Crippen LogP contribution in [0, 0.1) is 12.8 Å². The Hall–Kier alpha value is -2.18. The number of carbonyl (C=O) groups is 1. The van der Waals surface area contributed by atoms with Crippen LogP contribution < -0.4 is 0 Å². The van der Waals surface area contributed by atoms with E-state index >= 15 is 0 Å². The molecule has 162 valence electrons. The van der Waals surface area contributed by atoms with E-state index in [1.54, 1.807) is 4.68 Å². The highest BCUT2D eigenvalue weighted by atomic mass is 16.5. The van der Waals surface area contributed by atoms with Gasteiger partial charge in [0.1, 0.15) is 5.69 Å². The van der Waals surface area contributed by atoms with E-state index < -0.39 is 0 Å². The van der Waals surface area contributed by atoms with E-state index in [0.29, 0.717) is 18.2 Å². The molecule has 1 aromatic heterocycles. The lowest BCUT2D eigenvalue weighted by Gasteiger charge is -2.46. The topological polar surface area (TPSA) is 56.6 Å². The van der Waals surface area contributed by atoms with Gasteiger partial charge in [0.05, 0.1) is 17.9 Å². The Morgan fingerprint density at radius 3 is 2.73 bits per heavy atom. The zero-order valence-electron chi connectivity index (χ0n) is 18.2. The number of rotatable bonds is 6. The zero-order chi connectivity index (χ0) is 21.0. The van der Waals surface area contributed by atoms with Crippen LogP contribution in [0.3, 0.4) is 0 Å². The van der Waals surface area contributed by atoms with Crippen molar-refractivity contribution in [1.29, 1.82) is 0 Å². The van der Waals surface area contributed by atoms with Gasteiger partial charge in [-0.1, -0.05) is 30.3 Å². The minimum absolute atomic E-state index is 0.0680. The fourth-order valence-electron chi connectivity index (χ4n) is 4.83. The summed E-state index contributed by atoms with van der Waals surface area (Å²) in [4.78, 5) is 14.8. The average molecular weight is 412 g/mol. The molecular formula is C24H33N3O3. The third-order valence-electron chi connectivity index (χ3n) is 6.56. The highest BCUT2D eigenvalue weighted by Gasteiger charge is 2.41. The van der Waals surface area contributed by atoms with Crippen LogP contribution in [0.1, 0.15) is 53.8 Å². The molecule has 2 aliphatic rings. The number of ether oxygens (including phenoxy) is 2. The molecule has 6 heteroatoms. The number of nitrogens with zero attached hydrogens (tertiary/aromatic N) is 3. The molecule has 0 radical (unpaired) electrons. The minimum atomic E-state index is -0.0680. The Kier molecular flexibility index (Phi) is 6.54. The first-order chi connectivity index (χ1) is 14.5. The van der Waals surface area contributed by atoms with Crippen molar-refractivity contribution >= 4 is 5.91 Å². The first-order valence-electron chi connectivity index (χ1n) is 11.1. The molecule has 1 spiro atoms. The van der Waals surface area contributed by atoms with E-state index in [-0.39, 0.29) is 11.5 Å². The predicted molar refractivity (Wildman–Crippen MR) is 115 cm³/mol. The summed E-state index contributed by atoms with van der Waals surface area (Å²) in [6.45, 7) is 5.71. The number of hydrogen-bond acceptors (Lipinski definition) is 4. The van der Waals surface area contributed by atoms with Gasteiger partial charge >= 0.3 is 0 Å². The Bertz CT molecular complexity index is 841. The first kappa shape index (κ1) is 21.1. The van der Waals surface area contributed by atoms with Gasteiger partial charge < -0.3 is 14.4 Å². The standard InChI is InChI=1S/C24H33N3O3/c1-19-16-22(26(2)25-19)23(28)27-12-10-24(11-13-27)17-20(9-15-30-24)8-14-29-18-21-6-4-3-5-7-21/h3-7,16,20H,8-15,17-18H2,1-2H3. The summed E-state index contributed by atoms with van der Waals surface area (Å²) in [5.74, 6) is 0.714. The van der Waals surface area contributed by atoms with E-state index in [0.717, 1.165) is 64.1 Å². The number of aryl methyl sites for hydroxylation is 2. The van der Waals surface area contributed by atoms with E-state index in [2.05, 4.69) is 17.2 Å². The number of piperidine rings is 1. The second-order valence-electron chi connectivity index (χ2n) is 8.80. The third kappa shape index (κ3) is 4.93. The van der Waals surface area contributed by atoms with Gasteiger partial charge in [-0.25, -0.2) is 0 Å². The summed E-state index contributed by atoms with van der Waals surface area (Å²) in [5, 5.41) is 4.31. The van der Waals surface area contributed by atoms with Gasteiger partial charge in [0, 0.05) is 33.4 Å². The van der Waals surface area contributed by atoms with Crippen LogP contribution in [-0.4, -0.2) is 52.5 Å². The van der Waals surface area contributed by atoms with Crippen LogP contribution in [0.4, 0.5) is 0 Å².